The molecule has 3 rings (SSSR count). The zero-order valence-corrected chi connectivity index (χ0v) is 25.5. The molecule has 0 aliphatic rings. The number of carbonyl (C=O) groups excluding carboxylic acids is 3. The SMILES string of the molecule is CCCCCCC(=O)Oc1ccc(OC(=O)/C=C/c2ccc(C(=O)OCCCCCc3c(N)cc(N)cc3C(=O)O)cc2)cc1. The van der Waals surface area contributed by atoms with E-state index >= 15 is 0 Å². The number of carboxylic acids is 1. The highest BCUT2D eigenvalue weighted by atomic mass is 16.5. The van der Waals surface area contributed by atoms with Crippen LogP contribution in [0.25, 0.3) is 6.08 Å². The number of esters is 3. The van der Waals surface area contributed by atoms with Crippen LogP contribution in [0.4, 0.5) is 11.4 Å². The quantitative estimate of drug-likeness (QED) is 0.0493. The lowest BCUT2D eigenvalue weighted by molar-refractivity contribution is -0.134. The van der Waals surface area contributed by atoms with Gasteiger partial charge in [-0.05, 0) is 97.8 Å². The molecule has 0 aromatic heterocycles. The van der Waals surface area contributed by atoms with Gasteiger partial charge in [-0.25, -0.2) is 14.4 Å². The number of carboxylic acid groups (broad SMARTS) is 1. The minimum Gasteiger partial charge on any atom is -0.478 e. The second-order valence-corrected chi connectivity index (χ2v) is 10.5. The highest BCUT2D eigenvalue weighted by molar-refractivity contribution is 5.93. The van der Waals surface area contributed by atoms with Crippen LogP contribution in [0.2, 0.25) is 0 Å². The van der Waals surface area contributed by atoms with Gasteiger partial charge in [-0.15, -0.1) is 0 Å². The van der Waals surface area contributed by atoms with Crippen LogP contribution in [0.5, 0.6) is 11.5 Å². The third-order valence-electron chi connectivity index (χ3n) is 6.91. The summed E-state index contributed by atoms with van der Waals surface area (Å²) in [6.07, 6.45) is 9.67. The summed E-state index contributed by atoms with van der Waals surface area (Å²) in [6.45, 7) is 2.33. The van der Waals surface area contributed by atoms with E-state index in [0.29, 0.717) is 71.7 Å². The number of unbranched alkanes of at least 4 members (excludes halogenated alkanes) is 5. The van der Waals surface area contributed by atoms with Crippen LogP contribution in [-0.4, -0.2) is 35.6 Å². The summed E-state index contributed by atoms with van der Waals surface area (Å²) in [6, 6.07) is 15.8. The first kappa shape index (κ1) is 34.4. The lowest BCUT2D eigenvalue weighted by Crippen LogP contribution is -2.08. The molecule has 10 nitrogen and oxygen atoms in total. The molecule has 0 heterocycles. The Morgan fingerprint density at radius 1 is 0.800 bits per heavy atom. The van der Waals surface area contributed by atoms with Crippen LogP contribution in [-0.2, 0) is 20.7 Å². The predicted octanol–water partition coefficient (Wildman–Crippen LogP) is 6.61. The second-order valence-electron chi connectivity index (χ2n) is 10.5. The fourth-order valence-corrected chi connectivity index (χ4v) is 4.52. The fourth-order valence-electron chi connectivity index (χ4n) is 4.52. The van der Waals surface area contributed by atoms with Gasteiger partial charge in [0, 0.05) is 23.9 Å². The molecular weight excluding hydrogens is 576 g/mol. The first-order valence-electron chi connectivity index (χ1n) is 15.0. The molecule has 0 radical (unpaired) electrons. The van der Waals surface area contributed by atoms with Crippen molar-refractivity contribution in [2.24, 2.45) is 0 Å². The topological polar surface area (TPSA) is 168 Å². The van der Waals surface area contributed by atoms with E-state index in [2.05, 4.69) is 6.92 Å². The predicted molar refractivity (Wildman–Crippen MR) is 172 cm³/mol. The zero-order valence-electron chi connectivity index (χ0n) is 25.5. The highest BCUT2D eigenvalue weighted by Crippen LogP contribution is 2.24. The minimum atomic E-state index is -1.07. The van der Waals surface area contributed by atoms with Gasteiger partial charge in [0.15, 0.2) is 0 Å². The minimum absolute atomic E-state index is 0.105. The van der Waals surface area contributed by atoms with E-state index in [4.69, 9.17) is 25.7 Å². The molecule has 0 bridgehead atoms. The van der Waals surface area contributed by atoms with Gasteiger partial charge in [0.05, 0.1) is 17.7 Å². The Bertz CT molecular complexity index is 1480. The van der Waals surface area contributed by atoms with Crippen molar-refractivity contribution in [3.8, 4) is 11.5 Å². The average Bonchev–Trinajstić information content (AvgIpc) is 3.01. The lowest BCUT2D eigenvalue weighted by atomic mass is 9.98. The van der Waals surface area contributed by atoms with Crippen LogP contribution in [0.15, 0.2) is 66.7 Å². The molecule has 0 fully saturated rings. The highest BCUT2D eigenvalue weighted by Gasteiger charge is 2.14. The Hall–Kier alpha value is -5.12. The Morgan fingerprint density at radius 2 is 1.47 bits per heavy atom. The van der Waals surface area contributed by atoms with Gasteiger partial charge in [0.25, 0.3) is 0 Å². The van der Waals surface area contributed by atoms with Crippen molar-refractivity contribution in [3.63, 3.8) is 0 Å². The first-order valence-corrected chi connectivity index (χ1v) is 15.0. The second kappa shape index (κ2) is 17.9. The van der Waals surface area contributed by atoms with Crippen LogP contribution >= 0.6 is 0 Å². The van der Waals surface area contributed by atoms with Gasteiger partial charge in [0.2, 0.25) is 0 Å². The molecule has 238 valence electrons. The standard InChI is InChI=1S/C35H40N2O8/c1-2-3-4-7-10-32(38)44-27-16-18-28(19-17-27)45-33(39)20-13-24-11-14-25(15-12-24)35(42)43-21-8-5-6-9-29-30(34(40)41)22-26(36)23-31(29)37/h11-20,22-23H,2-10,21,36-37H2,1H3,(H,40,41)/b20-13+. The maximum Gasteiger partial charge on any atom is 0.338 e. The van der Waals surface area contributed by atoms with Gasteiger partial charge in [-0.1, -0.05) is 38.3 Å². The van der Waals surface area contributed by atoms with Gasteiger partial charge in [-0.3, -0.25) is 4.79 Å². The number of anilines is 2. The third kappa shape index (κ3) is 11.8. The van der Waals surface area contributed by atoms with Crippen molar-refractivity contribution in [1.29, 1.82) is 0 Å². The zero-order chi connectivity index (χ0) is 32.6. The summed E-state index contributed by atoms with van der Waals surface area (Å²) >= 11 is 0. The molecule has 0 atom stereocenters. The molecule has 0 saturated heterocycles. The summed E-state index contributed by atoms with van der Waals surface area (Å²) in [5, 5.41) is 9.40. The van der Waals surface area contributed by atoms with E-state index in [1.54, 1.807) is 60.7 Å². The van der Waals surface area contributed by atoms with Crippen LogP contribution in [0, 0.1) is 0 Å². The molecule has 10 heteroatoms. The Labute approximate surface area is 263 Å². The van der Waals surface area contributed by atoms with Crippen molar-refractivity contribution in [1.82, 2.24) is 0 Å². The number of ether oxygens (including phenoxy) is 3. The summed E-state index contributed by atoms with van der Waals surface area (Å²) < 4.78 is 15.9. The number of rotatable bonds is 17. The van der Waals surface area contributed by atoms with Crippen LogP contribution in [0.3, 0.4) is 0 Å². The van der Waals surface area contributed by atoms with E-state index in [1.807, 2.05) is 0 Å². The third-order valence-corrected chi connectivity index (χ3v) is 6.91. The fraction of sp³-hybridized carbons (Fsp3) is 0.314. The van der Waals surface area contributed by atoms with E-state index in [-0.39, 0.29) is 18.1 Å². The molecule has 3 aromatic rings. The average molecular weight is 617 g/mol. The maximum atomic E-state index is 12.4. The molecule has 45 heavy (non-hydrogen) atoms. The number of benzene rings is 3. The van der Waals surface area contributed by atoms with E-state index in [0.717, 1.165) is 25.7 Å². The first-order chi connectivity index (χ1) is 21.7. The maximum absolute atomic E-state index is 12.4. The van der Waals surface area contributed by atoms with Gasteiger partial charge >= 0.3 is 23.9 Å². The number of nitrogens with two attached hydrogens (primary N) is 2. The molecule has 5 N–H and O–H groups in total. The normalized spacial score (nSPS) is 10.9. The largest absolute Gasteiger partial charge is 0.478 e. The van der Waals surface area contributed by atoms with Gasteiger partial charge < -0.3 is 30.8 Å². The Morgan fingerprint density at radius 3 is 2.13 bits per heavy atom. The number of aromatic carboxylic acids is 1. The summed E-state index contributed by atoms with van der Waals surface area (Å²) in [5.74, 6) is -1.71. The van der Waals surface area contributed by atoms with Crippen LogP contribution in [0.1, 0.15) is 90.1 Å². The molecule has 0 amide bonds. The van der Waals surface area contributed by atoms with Crippen molar-refractivity contribution in [2.75, 3.05) is 18.1 Å². The van der Waals surface area contributed by atoms with Crippen molar-refractivity contribution in [3.05, 3.63) is 89.0 Å². The monoisotopic (exact) mass is 616 g/mol. The molecule has 0 unspecified atom stereocenters. The number of hydrogen-bond donors (Lipinski definition) is 3. The number of carbonyl (C=O) groups is 4. The van der Waals surface area contributed by atoms with E-state index < -0.39 is 17.9 Å². The Kier molecular flexibility index (Phi) is 13.6. The van der Waals surface area contributed by atoms with E-state index in [9.17, 15) is 24.3 Å². The molecule has 0 aliphatic heterocycles. The van der Waals surface area contributed by atoms with E-state index in [1.165, 1.54) is 12.1 Å². The van der Waals surface area contributed by atoms with Crippen molar-refractivity contribution >= 4 is 41.3 Å². The van der Waals surface area contributed by atoms with Gasteiger partial charge in [-0.2, -0.15) is 0 Å². The lowest BCUT2D eigenvalue weighted by Gasteiger charge is -2.11. The molecule has 0 aliphatic carbocycles. The van der Waals surface area contributed by atoms with Crippen LogP contribution < -0.4 is 20.9 Å². The molecular formula is C35H40N2O8. The number of hydrogen-bond acceptors (Lipinski definition) is 9. The summed E-state index contributed by atoms with van der Waals surface area (Å²) in [7, 11) is 0. The summed E-state index contributed by atoms with van der Waals surface area (Å²) in [4.78, 5) is 48.0. The summed E-state index contributed by atoms with van der Waals surface area (Å²) in [5.41, 5.74) is 14.0. The molecule has 0 spiro atoms. The number of nitrogen functional groups attached to an aromatic ring is 2. The molecule has 3 aromatic carbocycles. The van der Waals surface area contributed by atoms with Gasteiger partial charge in [0.1, 0.15) is 11.5 Å². The Balaban J connectivity index is 1.36. The smallest absolute Gasteiger partial charge is 0.338 e. The van der Waals surface area contributed by atoms with Crippen molar-refractivity contribution < 1.29 is 38.5 Å². The molecule has 0 saturated carbocycles. The van der Waals surface area contributed by atoms with Crippen molar-refractivity contribution in [2.45, 2.75) is 64.7 Å².